The molecular formula is C26H22FNO5. The number of para-hydroxylation sites is 1. The first kappa shape index (κ1) is 22.1. The van der Waals surface area contributed by atoms with Gasteiger partial charge in [-0.05, 0) is 74.5 Å². The molecule has 1 unspecified atom stereocenters. The van der Waals surface area contributed by atoms with E-state index in [1.54, 1.807) is 55.5 Å². The van der Waals surface area contributed by atoms with Gasteiger partial charge in [-0.2, -0.15) is 0 Å². The van der Waals surface area contributed by atoms with Crippen LogP contribution >= 0.6 is 0 Å². The Kier molecular flexibility index (Phi) is 6.40. The third kappa shape index (κ3) is 4.87. The van der Waals surface area contributed by atoms with Gasteiger partial charge in [-0.3, -0.25) is 9.59 Å². The number of amides is 1. The summed E-state index contributed by atoms with van der Waals surface area (Å²) in [5.41, 5.74) is 1.13. The van der Waals surface area contributed by atoms with Crippen LogP contribution in [0.5, 0.6) is 11.5 Å². The van der Waals surface area contributed by atoms with E-state index in [1.165, 1.54) is 24.3 Å². The number of halogens is 1. The van der Waals surface area contributed by atoms with E-state index >= 15 is 0 Å². The molecule has 0 saturated carbocycles. The van der Waals surface area contributed by atoms with E-state index in [0.29, 0.717) is 34.6 Å². The van der Waals surface area contributed by atoms with Crippen LogP contribution in [0.15, 0.2) is 77.2 Å². The standard InChI is InChI=1S/C26H22FNO5/c1-3-31-19-12-8-17(9-13-19)24(29)25-23(21-6-4-5-7-22(21)33-25)28-26(30)16(2)32-20-14-10-18(27)11-15-20/h4-16H,3H2,1-2H3,(H,28,30). The van der Waals surface area contributed by atoms with Crippen molar-refractivity contribution in [1.82, 2.24) is 0 Å². The number of hydrogen-bond donors (Lipinski definition) is 1. The maximum absolute atomic E-state index is 13.2. The topological polar surface area (TPSA) is 77.8 Å². The number of carbonyl (C=O) groups is 2. The van der Waals surface area contributed by atoms with Crippen molar-refractivity contribution in [2.24, 2.45) is 0 Å². The fourth-order valence-electron chi connectivity index (χ4n) is 3.33. The summed E-state index contributed by atoms with van der Waals surface area (Å²) < 4.78 is 30.0. The Balaban J connectivity index is 1.61. The summed E-state index contributed by atoms with van der Waals surface area (Å²) in [5, 5.41) is 3.36. The van der Waals surface area contributed by atoms with Gasteiger partial charge in [0.1, 0.15) is 22.9 Å². The van der Waals surface area contributed by atoms with Crippen LogP contribution in [0, 0.1) is 5.82 Å². The van der Waals surface area contributed by atoms with Crippen LogP contribution < -0.4 is 14.8 Å². The fourth-order valence-corrected chi connectivity index (χ4v) is 3.33. The molecule has 1 atom stereocenters. The van der Waals surface area contributed by atoms with Gasteiger partial charge in [0.25, 0.3) is 5.91 Å². The molecule has 4 rings (SSSR count). The number of rotatable bonds is 8. The summed E-state index contributed by atoms with van der Waals surface area (Å²) in [4.78, 5) is 26.1. The van der Waals surface area contributed by atoms with Crippen LogP contribution in [0.25, 0.3) is 11.0 Å². The van der Waals surface area contributed by atoms with E-state index in [1.807, 2.05) is 6.92 Å². The maximum Gasteiger partial charge on any atom is 0.265 e. The van der Waals surface area contributed by atoms with Gasteiger partial charge in [0, 0.05) is 10.9 Å². The highest BCUT2D eigenvalue weighted by molar-refractivity contribution is 6.17. The highest BCUT2D eigenvalue weighted by Gasteiger charge is 2.25. The normalized spacial score (nSPS) is 11.7. The number of ketones is 1. The lowest BCUT2D eigenvalue weighted by atomic mass is 10.1. The van der Waals surface area contributed by atoms with E-state index in [4.69, 9.17) is 13.9 Å². The molecule has 0 bridgehead atoms. The minimum absolute atomic E-state index is 0.0164. The fraction of sp³-hybridized carbons (Fsp3) is 0.154. The number of hydrogen-bond acceptors (Lipinski definition) is 5. The first-order chi connectivity index (χ1) is 16.0. The maximum atomic E-state index is 13.2. The van der Waals surface area contributed by atoms with Gasteiger partial charge in [0.05, 0.1) is 12.3 Å². The lowest BCUT2D eigenvalue weighted by molar-refractivity contribution is -0.122. The molecule has 0 aliphatic carbocycles. The summed E-state index contributed by atoms with van der Waals surface area (Å²) >= 11 is 0. The first-order valence-electron chi connectivity index (χ1n) is 10.5. The number of carbonyl (C=O) groups excluding carboxylic acids is 2. The zero-order valence-electron chi connectivity index (χ0n) is 18.1. The molecule has 33 heavy (non-hydrogen) atoms. The molecule has 168 valence electrons. The van der Waals surface area contributed by atoms with E-state index in [0.717, 1.165) is 0 Å². The predicted octanol–water partition coefficient (Wildman–Crippen LogP) is 5.61. The number of fused-ring (bicyclic) bond motifs is 1. The lowest BCUT2D eigenvalue weighted by Crippen LogP contribution is -2.30. The van der Waals surface area contributed by atoms with Gasteiger partial charge in [0.15, 0.2) is 11.9 Å². The van der Waals surface area contributed by atoms with Gasteiger partial charge < -0.3 is 19.2 Å². The molecule has 7 heteroatoms. The molecule has 1 N–H and O–H groups in total. The molecule has 0 spiro atoms. The van der Waals surface area contributed by atoms with Gasteiger partial charge in [-0.1, -0.05) is 12.1 Å². The minimum Gasteiger partial charge on any atom is -0.494 e. The number of anilines is 1. The summed E-state index contributed by atoms with van der Waals surface area (Å²) in [7, 11) is 0. The molecule has 1 heterocycles. The van der Waals surface area contributed by atoms with Crippen LogP contribution in [-0.4, -0.2) is 24.4 Å². The molecule has 0 aliphatic rings. The minimum atomic E-state index is -0.905. The third-order valence-electron chi connectivity index (χ3n) is 4.97. The second-order valence-electron chi connectivity index (χ2n) is 7.29. The van der Waals surface area contributed by atoms with Gasteiger partial charge >= 0.3 is 0 Å². The highest BCUT2D eigenvalue weighted by atomic mass is 19.1. The van der Waals surface area contributed by atoms with Crippen LogP contribution in [0.2, 0.25) is 0 Å². The van der Waals surface area contributed by atoms with E-state index in [-0.39, 0.29) is 17.2 Å². The summed E-state index contributed by atoms with van der Waals surface area (Å²) in [5.74, 6) is -0.242. The Morgan fingerprint density at radius 2 is 1.64 bits per heavy atom. The second kappa shape index (κ2) is 9.56. The molecule has 1 amide bonds. The lowest BCUT2D eigenvalue weighted by Gasteiger charge is -2.15. The Bertz CT molecular complexity index is 1280. The molecule has 6 nitrogen and oxygen atoms in total. The number of benzene rings is 3. The second-order valence-corrected chi connectivity index (χ2v) is 7.29. The SMILES string of the molecule is CCOc1ccc(C(=O)c2oc3ccccc3c2NC(=O)C(C)Oc2ccc(F)cc2)cc1. The van der Waals surface area contributed by atoms with E-state index in [9.17, 15) is 14.0 Å². The van der Waals surface area contributed by atoms with Crippen molar-refractivity contribution in [1.29, 1.82) is 0 Å². The number of nitrogens with one attached hydrogen (secondary N) is 1. The zero-order valence-corrected chi connectivity index (χ0v) is 18.1. The molecule has 0 fully saturated rings. The van der Waals surface area contributed by atoms with Crippen LogP contribution in [-0.2, 0) is 4.79 Å². The predicted molar refractivity (Wildman–Crippen MR) is 122 cm³/mol. The third-order valence-corrected chi connectivity index (χ3v) is 4.97. The molecule has 0 saturated heterocycles. The van der Waals surface area contributed by atoms with Gasteiger partial charge in [0.2, 0.25) is 5.78 Å². The average Bonchev–Trinajstić information content (AvgIpc) is 3.19. The largest absolute Gasteiger partial charge is 0.494 e. The summed E-state index contributed by atoms with van der Waals surface area (Å²) in [6.07, 6.45) is -0.905. The molecular weight excluding hydrogens is 425 g/mol. The van der Waals surface area contributed by atoms with Crippen molar-refractivity contribution in [3.05, 3.63) is 89.9 Å². The molecule has 3 aromatic carbocycles. The van der Waals surface area contributed by atoms with Crippen LogP contribution in [0.3, 0.4) is 0 Å². The molecule has 1 aromatic heterocycles. The molecule has 4 aromatic rings. The zero-order chi connectivity index (χ0) is 23.4. The average molecular weight is 447 g/mol. The number of ether oxygens (including phenoxy) is 2. The van der Waals surface area contributed by atoms with E-state index < -0.39 is 17.8 Å². The smallest absolute Gasteiger partial charge is 0.265 e. The van der Waals surface area contributed by atoms with Crippen molar-refractivity contribution >= 4 is 28.3 Å². The Labute approximate surface area is 189 Å². The van der Waals surface area contributed by atoms with E-state index in [2.05, 4.69) is 5.32 Å². The van der Waals surface area contributed by atoms with Gasteiger partial charge in [-0.15, -0.1) is 0 Å². The van der Waals surface area contributed by atoms with Crippen molar-refractivity contribution in [2.45, 2.75) is 20.0 Å². The van der Waals surface area contributed by atoms with Crippen LogP contribution in [0.1, 0.15) is 30.0 Å². The van der Waals surface area contributed by atoms with Crippen LogP contribution in [0.4, 0.5) is 10.1 Å². The molecule has 0 radical (unpaired) electrons. The summed E-state index contributed by atoms with van der Waals surface area (Å²) in [6.45, 7) is 3.96. The van der Waals surface area contributed by atoms with Crippen molar-refractivity contribution in [3.63, 3.8) is 0 Å². The van der Waals surface area contributed by atoms with Gasteiger partial charge in [-0.25, -0.2) is 4.39 Å². The Morgan fingerprint density at radius 1 is 0.970 bits per heavy atom. The molecule has 0 aliphatic heterocycles. The Morgan fingerprint density at radius 3 is 2.33 bits per heavy atom. The highest BCUT2D eigenvalue weighted by Crippen LogP contribution is 2.33. The van der Waals surface area contributed by atoms with Crippen molar-refractivity contribution < 1.29 is 27.9 Å². The monoisotopic (exact) mass is 447 g/mol. The first-order valence-corrected chi connectivity index (χ1v) is 10.5. The van der Waals surface area contributed by atoms with Crippen molar-refractivity contribution in [3.8, 4) is 11.5 Å². The van der Waals surface area contributed by atoms with Crippen molar-refractivity contribution in [2.75, 3.05) is 11.9 Å². The quantitative estimate of drug-likeness (QED) is 0.355. The Hall–Kier alpha value is -4.13. The summed E-state index contributed by atoms with van der Waals surface area (Å²) in [6, 6.07) is 19.1. The number of furan rings is 1.